The Balaban J connectivity index is 2.63. The molecule has 0 aromatic heterocycles. The average molecular weight is 231 g/mol. The summed E-state index contributed by atoms with van der Waals surface area (Å²) in [5.74, 6) is 0.0933. The number of nitrogens with zero attached hydrogens (tertiary/aromatic N) is 1. The first kappa shape index (κ1) is 12.9. The van der Waals surface area contributed by atoms with E-state index in [9.17, 15) is 13.9 Å². The smallest absolute Gasteiger partial charge is 0.387 e. The van der Waals surface area contributed by atoms with Crippen LogP contribution in [0.15, 0.2) is 24.3 Å². The van der Waals surface area contributed by atoms with Gasteiger partial charge in [0.1, 0.15) is 5.75 Å². The number of hydrogen-bond acceptors (Lipinski definition) is 3. The van der Waals surface area contributed by atoms with E-state index >= 15 is 0 Å². The van der Waals surface area contributed by atoms with Gasteiger partial charge in [0.25, 0.3) is 0 Å². The molecule has 0 saturated heterocycles. The third kappa shape index (κ3) is 4.12. The summed E-state index contributed by atoms with van der Waals surface area (Å²) in [6.07, 6.45) is -0.629. The Kier molecular flexibility index (Phi) is 4.64. The molecule has 0 aliphatic heterocycles. The third-order valence-electron chi connectivity index (χ3n) is 2.03. The first-order valence-electron chi connectivity index (χ1n) is 4.86. The van der Waals surface area contributed by atoms with Gasteiger partial charge in [-0.05, 0) is 31.8 Å². The van der Waals surface area contributed by atoms with Crippen molar-refractivity contribution >= 4 is 0 Å². The molecular formula is C11H15F2NO2. The number of likely N-dealkylation sites (N-methyl/N-ethyl adjacent to an activating group) is 1. The van der Waals surface area contributed by atoms with Crippen LogP contribution in [0.3, 0.4) is 0 Å². The highest BCUT2D eigenvalue weighted by Gasteiger charge is 2.09. The Hall–Kier alpha value is -1.20. The van der Waals surface area contributed by atoms with E-state index in [1.807, 2.05) is 19.0 Å². The van der Waals surface area contributed by atoms with E-state index in [2.05, 4.69) is 4.74 Å². The number of rotatable bonds is 5. The van der Waals surface area contributed by atoms with Crippen LogP contribution in [0, 0.1) is 0 Å². The fraction of sp³-hybridized carbons (Fsp3) is 0.455. The van der Waals surface area contributed by atoms with Crippen molar-refractivity contribution in [3.05, 3.63) is 29.8 Å². The van der Waals surface area contributed by atoms with Crippen molar-refractivity contribution in [1.29, 1.82) is 0 Å². The van der Waals surface area contributed by atoms with Gasteiger partial charge in [0, 0.05) is 6.54 Å². The van der Waals surface area contributed by atoms with Crippen molar-refractivity contribution in [2.45, 2.75) is 12.7 Å². The van der Waals surface area contributed by atoms with Crippen LogP contribution in [0.4, 0.5) is 8.78 Å². The van der Waals surface area contributed by atoms with Crippen molar-refractivity contribution in [2.24, 2.45) is 0 Å². The Morgan fingerprint density at radius 1 is 1.25 bits per heavy atom. The number of aliphatic hydroxyl groups excluding tert-OH is 1. The number of halogens is 2. The zero-order valence-corrected chi connectivity index (χ0v) is 9.23. The van der Waals surface area contributed by atoms with Gasteiger partial charge >= 0.3 is 6.61 Å². The molecule has 1 rings (SSSR count). The molecule has 3 nitrogen and oxygen atoms in total. The fourth-order valence-corrected chi connectivity index (χ4v) is 1.32. The molecule has 5 heteroatoms. The maximum Gasteiger partial charge on any atom is 0.387 e. The van der Waals surface area contributed by atoms with E-state index in [4.69, 9.17) is 0 Å². The molecule has 1 aromatic carbocycles. The van der Waals surface area contributed by atoms with E-state index in [1.165, 1.54) is 12.1 Å². The number of hydrogen-bond donors (Lipinski definition) is 1. The van der Waals surface area contributed by atoms with Crippen LogP contribution in [0.5, 0.6) is 5.75 Å². The Bertz CT molecular complexity index is 314. The van der Waals surface area contributed by atoms with Gasteiger partial charge in [-0.25, -0.2) is 0 Å². The summed E-state index contributed by atoms with van der Waals surface area (Å²) in [4.78, 5) is 1.84. The third-order valence-corrected chi connectivity index (χ3v) is 2.03. The quantitative estimate of drug-likeness (QED) is 0.839. The highest BCUT2D eigenvalue weighted by atomic mass is 19.3. The minimum Gasteiger partial charge on any atom is -0.435 e. The summed E-state index contributed by atoms with van der Waals surface area (Å²) >= 11 is 0. The van der Waals surface area contributed by atoms with Crippen molar-refractivity contribution in [2.75, 3.05) is 20.6 Å². The monoisotopic (exact) mass is 231 g/mol. The summed E-state index contributed by atoms with van der Waals surface area (Å²) in [6, 6.07) is 5.98. The lowest BCUT2D eigenvalue weighted by Gasteiger charge is -2.16. The molecule has 0 saturated carbocycles. The molecule has 0 heterocycles. The molecule has 0 aliphatic rings. The van der Waals surface area contributed by atoms with Gasteiger partial charge < -0.3 is 14.7 Å². The number of benzene rings is 1. The van der Waals surface area contributed by atoms with Gasteiger partial charge in [-0.3, -0.25) is 0 Å². The largest absolute Gasteiger partial charge is 0.435 e. The minimum atomic E-state index is -2.82. The van der Waals surface area contributed by atoms with Crippen LogP contribution in [0.1, 0.15) is 11.7 Å². The van der Waals surface area contributed by atoms with E-state index in [1.54, 1.807) is 12.1 Å². The van der Waals surface area contributed by atoms with Crippen molar-refractivity contribution in [3.8, 4) is 5.75 Å². The molecule has 0 aliphatic carbocycles. The maximum atomic E-state index is 11.9. The maximum absolute atomic E-state index is 11.9. The van der Waals surface area contributed by atoms with E-state index in [-0.39, 0.29) is 5.75 Å². The number of alkyl halides is 2. The predicted molar refractivity (Wildman–Crippen MR) is 56.6 cm³/mol. The van der Waals surface area contributed by atoms with Gasteiger partial charge in [0.05, 0.1) is 6.10 Å². The summed E-state index contributed by atoms with van der Waals surface area (Å²) < 4.78 is 28.0. The van der Waals surface area contributed by atoms with Crippen molar-refractivity contribution in [3.63, 3.8) is 0 Å². The summed E-state index contributed by atoms with van der Waals surface area (Å²) in [5.41, 5.74) is 0.676. The number of aliphatic hydroxyl groups is 1. The summed E-state index contributed by atoms with van der Waals surface area (Å²) in [5, 5.41) is 9.73. The first-order chi connectivity index (χ1) is 7.49. The first-order valence-corrected chi connectivity index (χ1v) is 4.86. The molecule has 0 fully saturated rings. The molecule has 0 amide bonds. The number of ether oxygens (including phenoxy) is 1. The fourth-order valence-electron chi connectivity index (χ4n) is 1.32. The predicted octanol–water partition coefficient (Wildman–Crippen LogP) is 1.88. The van der Waals surface area contributed by atoms with E-state index < -0.39 is 12.7 Å². The van der Waals surface area contributed by atoms with Gasteiger partial charge in [-0.2, -0.15) is 8.78 Å². The molecule has 0 spiro atoms. The highest BCUT2D eigenvalue weighted by Crippen LogP contribution is 2.19. The second kappa shape index (κ2) is 5.77. The zero-order chi connectivity index (χ0) is 12.1. The van der Waals surface area contributed by atoms with E-state index in [0.29, 0.717) is 12.1 Å². The van der Waals surface area contributed by atoms with Crippen LogP contribution in [0.2, 0.25) is 0 Å². The Morgan fingerprint density at radius 3 is 2.25 bits per heavy atom. The molecule has 90 valence electrons. The van der Waals surface area contributed by atoms with E-state index in [0.717, 1.165) is 0 Å². The molecule has 0 radical (unpaired) electrons. The normalized spacial score (nSPS) is 13.2. The lowest BCUT2D eigenvalue weighted by atomic mass is 10.1. The summed E-state index contributed by atoms with van der Waals surface area (Å²) in [7, 11) is 3.69. The molecule has 1 unspecified atom stereocenters. The topological polar surface area (TPSA) is 32.7 Å². The lowest BCUT2D eigenvalue weighted by molar-refractivity contribution is -0.0498. The molecule has 1 N–H and O–H groups in total. The van der Waals surface area contributed by atoms with Crippen LogP contribution in [0.25, 0.3) is 0 Å². The minimum absolute atomic E-state index is 0.0933. The molecule has 1 aromatic rings. The van der Waals surface area contributed by atoms with Crippen LogP contribution < -0.4 is 4.74 Å². The molecule has 16 heavy (non-hydrogen) atoms. The van der Waals surface area contributed by atoms with Crippen LogP contribution >= 0.6 is 0 Å². The second-order valence-electron chi connectivity index (χ2n) is 3.73. The lowest BCUT2D eigenvalue weighted by Crippen LogP contribution is -2.19. The van der Waals surface area contributed by atoms with Gasteiger partial charge in [-0.15, -0.1) is 0 Å². The molecular weight excluding hydrogens is 216 g/mol. The van der Waals surface area contributed by atoms with Gasteiger partial charge in [-0.1, -0.05) is 12.1 Å². The zero-order valence-electron chi connectivity index (χ0n) is 9.23. The van der Waals surface area contributed by atoms with Gasteiger partial charge in [0.2, 0.25) is 0 Å². The SMILES string of the molecule is CN(C)CC(O)c1ccc(OC(F)F)cc1. The second-order valence-corrected chi connectivity index (χ2v) is 3.73. The Morgan fingerprint density at radius 2 is 1.81 bits per heavy atom. The van der Waals surface area contributed by atoms with Crippen LogP contribution in [-0.4, -0.2) is 37.3 Å². The standard InChI is InChI=1S/C11H15F2NO2/c1-14(2)7-10(15)8-3-5-9(6-4-8)16-11(12)13/h3-6,10-11,15H,7H2,1-2H3. The highest BCUT2D eigenvalue weighted by molar-refractivity contribution is 5.28. The Labute approximate surface area is 93.3 Å². The van der Waals surface area contributed by atoms with Crippen LogP contribution in [-0.2, 0) is 0 Å². The summed E-state index contributed by atoms with van der Waals surface area (Å²) in [6.45, 7) is -2.34. The average Bonchev–Trinajstić information content (AvgIpc) is 2.16. The van der Waals surface area contributed by atoms with Gasteiger partial charge in [0.15, 0.2) is 0 Å². The molecule has 0 bridgehead atoms. The molecule has 1 atom stereocenters. The van der Waals surface area contributed by atoms with Crippen molar-refractivity contribution < 1.29 is 18.6 Å². The van der Waals surface area contributed by atoms with Crippen molar-refractivity contribution in [1.82, 2.24) is 4.90 Å².